The molecule has 2 aromatic rings. The van der Waals surface area contributed by atoms with Crippen LogP contribution < -0.4 is 11.1 Å². The number of benzene rings is 2. The molecule has 0 atom stereocenters. The maximum absolute atomic E-state index is 12.2. The second-order valence-corrected chi connectivity index (χ2v) is 4.31. The van der Waals surface area contributed by atoms with Gasteiger partial charge in [0.15, 0.2) is 0 Å². The lowest BCUT2D eigenvalue weighted by Crippen LogP contribution is -2.15. The van der Waals surface area contributed by atoms with Crippen molar-refractivity contribution in [1.82, 2.24) is 0 Å². The number of nitrogens with one attached hydrogen (secondary N) is 1. The molecule has 0 spiro atoms. The number of nitrogens with zero attached hydrogens (tertiary/aromatic N) is 1. The number of anilines is 2. The molecule has 0 bridgehead atoms. The predicted octanol–water partition coefficient (Wildman–Crippen LogP) is 2.74. The van der Waals surface area contributed by atoms with Crippen LogP contribution in [0, 0.1) is 17.0 Å². The minimum atomic E-state index is -0.568. The fourth-order valence-corrected chi connectivity index (χ4v) is 1.91. The number of nitro groups is 1. The predicted molar refractivity (Wildman–Crippen MR) is 76.6 cm³/mol. The van der Waals surface area contributed by atoms with Crippen LogP contribution in [0.25, 0.3) is 0 Å². The fourth-order valence-electron chi connectivity index (χ4n) is 1.91. The van der Waals surface area contributed by atoms with Crippen LogP contribution >= 0.6 is 0 Å². The summed E-state index contributed by atoms with van der Waals surface area (Å²) in [7, 11) is 0. The quantitative estimate of drug-likeness (QED) is 0.509. The zero-order chi connectivity index (χ0) is 14.7. The molecule has 6 nitrogen and oxygen atoms in total. The average molecular weight is 271 g/mol. The lowest BCUT2D eigenvalue weighted by Gasteiger charge is -2.08. The number of amides is 1. The fraction of sp³-hybridized carbons (Fsp3) is 0.0714. The molecular formula is C14H13N3O3. The average Bonchev–Trinajstić information content (AvgIpc) is 2.38. The van der Waals surface area contributed by atoms with Crippen molar-refractivity contribution in [3.63, 3.8) is 0 Å². The summed E-state index contributed by atoms with van der Waals surface area (Å²) in [5.74, 6) is -0.527. The van der Waals surface area contributed by atoms with Crippen LogP contribution in [0.15, 0.2) is 42.5 Å². The van der Waals surface area contributed by atoms with Gasteiger partial charge >= 0.3 is 0 Å². The van der Waals surface area contributed by atoms with Gasteiger partial charge in [0.1, 0.15) is 5.56 Å². The molecule has 20 heavy (non-hydrogen) atoms. The third-order valence-electron chi connectivity index (χ3n) is 2.82. The zero-order valence-corrected chi connectivity index (χ0v) is 10.8. The molecule has 2 rings (SSSR count). The molecule has 3 N–H and O–H groups in total. The maximum atomic E-state index is 12.2. The van der Waals surface area contributed by atoms with Crippen LogP contribution in [-0.2, 0) is 0 Å². The number of carbonyl (C=O) groups is 1. The SMILES string of the molecule is Cc1cccc([N+](=O)[O-])c1C(=O)Nc1cccc(N)c1. The van der Waals surface area contributed by atoms with Gasteiger partial charge in [-0.1, -0.05) is 18.2 Å². The molecule has 0 aliphatic rings. The number of rotatable bonds is 3. The van der Waals surface area contributed by atoms with Gasteiger partial charge in [-0.2, -0.15) is 0 Å². The Balaban J connectivity index is 2.37. The second kappa shape index (κ2) is 5.40. The van der Waals surface area contributed by atoms with E-state index >= 15 is 0 Å². The Labute approximate surface area is 115 Å². The number of nitrogen functional groups attached to an aromatic ring is 1. The Morgan fingerprint density at radius 2 is 1.95 bits per heavy atom. The number of hydrogen-bond acceptors (Lipinski definition) is 4. The van der Waals surface area contributed by atoms with E-state index in [2.05, 4.69) is 5.32 Å². The van der Waals surface area contributed by atoms with Crippen molar-refractivity contribution in [1.29, 1.82) is 0 Å². The topological polar surface area (TPSA) is 98.3 Å². The summed E-state index contributed by atoms with van der Waals surface area (Å²) in [5, 5.41) is 13.6. The van der Waals surface area contributed by atoms with E-state index in [0.717, 1.165) is 0 Å². The highest BCUT2D eigenvalue weighted by Crippen LogP contribution is 2.23. The van der Waals surface area contributed by atoms with Crippen molar-refractivity contribution in [3.05, 3.63) is 63.7 Å². The number of aryl methyl sites for hydroxylation is 1. The van der Waals surface area contributed by atoms with Crippen LogP contribution in [0.4, 0.5) is 17.1 Å². The summed E-state index contributed by atoms with van der Waals surface area (Å²) < 4.78 is 0. The molecule has 0 saturated carbocycles. The van der Waals surface area contributed by atoms with E-state index in [0.29, 0.717) is 16.9 Å². The summed E-state index contributed by atoms with van der Waals surface area (Å²) in [4.78, 5) is 22.6. The van der Waals surface area contributed by atoms with Gasteiger partial charge in [0.2, 0.25) is 0 Å². The van der Waals surface area contributed by atoms with Gasteiger partial charge in [0.05, 0.1) is 4.92 Å². The Morgan fingerprint density at radius 3 is 2.60 bits per heavy atom. The van der Waals surface area contributed by atoms with Crippen molar-refractivity contribution in [2.45, 2.75) is 6.92 Å². The summed E-state index contributed by atoms with van der Waals surface area (Å²) in [6.45, 7) is 1.65. The molecule has 6 heteroatoms. The van der Waals surface area contributed by atoms with Gasteiger partial charge in [-0.05, 0) is 30.7 Å². The Morgan fingerprint density at radius 1 is 1.25 bits per heavy atom. The summed E-state index contributed by atoms with van der Waals surface area (Å²) in [6, 6.07) is 11.1. The minimum absolute atomic E-state index is 0.0555. The van der Waals surface area contributed by atoms with E-state index < -0.39 is 10.8 Å². The second-order valence-electron chi connectivity index (χ2n) is 4.31. The molecule has 0 aromatic heterocycles. The molecule has 0 fully saturated rings. The van der Waals surface area contributed by atoms with Crippen LogP contribution in [0.3, 0.4) is 0 Å². The van der Waals surface area contributed by atoms with Crippen molar-refractivity contribution >= 4 is 23.0 Å². The molecule has 0 aliphatic heterocycles. The van der Waals surface area contributed by atoms with Crippen molar-refractivity contribution in [3.8, 4) is 0 Å². The van der Waals surface area contributed by atoms with Gasteiger partial charge in [-0.15, -0.1) is 0 Å². The molecule has 0 radical (unpaired) electrons. The highest BCUT2D eigenvalue weighted by molar-refractivity contribution is 6.08. The van der Waals surface area contributed by atoms with Crippen molar-refractivity contribution in [2.75, 3.05) is 11.1 Å². The van der Waals surface area contributed by atoms with Gasteiger partial charge in [0.25, 0.3) is 11.6 Å². The zero-order valence-electron chi connectivity index (χ0n) is 10.8. The number of nitro benzene ring substituents is 1. The largest absolute Gasteiger partial charge is 0.399 e. The van der Waals surface area contributed by atoms with Gasteiger partial charge in [0, 0.05) is 17.4 Å². The van der Waals surface area contributed by atoms with Crippen molar-refractivity contribution < 1.29 is 9.72 Å². The number of carbonyl (C=O) groups excluding carboxylic acids is 1. The van der Waals surface area contributed by atoms with E-state index in [1.165, 1.54) is 6.07 Å². The van der Waals surface area contributed by atoms with Crippen LogP contribution in [0.2, 0.25) is 0 Å². The third kappa shape index (κ3) is 2.74. The van der Waals surface area contributed by atoms with Gasteiger partial charge in [-0.25, -0.2) is 0 Å². The summed E-state index contributed by atoms with van der Waals surface area (Å²) >= 11 is 0. The molecule has 0 saturated heterocycles. The summed E-state index contributed by atoms with van der Waals surface area (Å²) in [6.07, 6.45) is 0. The van der Waals surface area contributed by atoms with E-state index in [9.17, 15) is 14.9 Å². The third-order valence-corrected chi connectivity index (χ3v) is 2.82. The highest BCUT2D eigenvalue weighted by atomic mass is 16.6. The number of hydrogen-bond donors (Lipinski definition) is 2. The first-order valence-electron chi connectivity index (χ1n) is 5.90. The molecule has 2 aromatic carbocycles. The standard InChI is InChI=1S/C14H13N3O3/c1-9-4-2-7-12(17(19)20)13(9)14(18)16-11-6-3-5-10(15)8-11/h2-8H,15H2,1H3,(H,16,18). The van der Waals surface area contributed by atoms with E-state index in [1.807, 2.05) is 0 Å². The summed E-state index contributed by atoms with van der Waals surface area (Å²) in [5.41, 5.74) is 7.00. The van der Waals surface area contributed by atoms with E-state index in [-0.39, 0.29) is 11.3 Å². The molecule has 0 unspecified atom stereocenters. The Kier molecular flexibility index (Phi) is 3.65. The molecule has 1 amide bonds. The monoisotopic (exact) mass is 271 g/mol. The van der Waals surface area contributed by atoms with Crippen LogP contribution in [0.5, 0.6) is 0 Å². The molecule has 0 aliphatic carbocycles. The molecular weight excluding hydrogens is 258 g/mol. The van der Waals surface area contributed by atoms with Gasteiger partial charge < -0.3 is 11.1 Å². The Bertz CT molecular complexity index is 683. The maximum Gasteiger partial charge on any atom is 0.282 e. The lowest BCUT2D eigenvalue weighted by molar-refractivity contribution is -0.385. The molecule has 102 valence electrons. The minimum Gasteiger partial charge on any atom is -0.399 e. The van der Waals surface area contributed by atoms with Crippen molar-refractivity contribution in [2.24, 2.45) is 0 Å². The lowest BCUT2D eigenvalue weighted by atomic mass is 10.1. The first-order chi connectivity index (χ1) is 9.49. The first-order valence-corrected chi connectivity index (χ1v) is 5.90. The van der Waals surface area contributed by atoms with Gasteiger partial charge in [-0.3, -0.25) is 14.9 Å². The van der Waals surface area contributed by atoms with Crippen LogP contribution in [-0.4, -0.2) is 10.8 Å². The smallest absolute Gasteiger partial charge is 0.282 e. The van der Waals surface area contributed by atoms with E-state index in [1.54, 1.807) is 43.3 Å². The molecule has 0 heterocycles. The highest BCUT2D eigenvalue weighted by Gasteiger charge is 2.22. The van der Waals surface area contributed by atoms with Crippen LogP contribution in [0.1, 0.15) is 15.9 Å². The normalized spacial score (nSPS) is 10.1. The van der Waals surface area contributed by atoms with E-state index in [4.69, 9.17) is 5.73 Å². The number of nitrogens with two attached hydrogens (primary N) is 1. The Hall–Kier alpha value is -2.89. The first kappa shape index (κ1) is 13.5.